The molecule has 1 aromatic rings. The highest BCUT2D eigenvalue weighted by atomic mass is 35.5. The molecule has 25 heavy (non-hydrogen) atoms. The minimum Gasteiger partial charge on any atom is -0.367 e. The number of likely N-dealkylation sites (N-methyl/N-ethyl adjacent to an activating group) is 2. The van der Waals surface area contributed by atoms with Crippen LogP contribution in [0.15, 0.2) is 24.3 Å². The Balaban J connectivity index is 1.84. The fraction of sp³-hybridized carbons (Fsp3) is 0.556. The number of anilines is 1. The van der Waals surface area contributed by atoms with E-state index in [9.17, 15) is 9.59 Å². The standard InChI is InChI=1S/C18H27ClN4O2/c1-3-20-17(24)13-21(4-2)14-18(25)23-11-9-22(10-12-23)16-8-6-5-7-15(16)19/h5-8H,3-4,9-14H2,1-2H3,(H,20,24)/p+1. The molecule has 0 saturated carbocycles. The van der Waals surface area contributed by atoms with Gasteiger partial charge in [0.2, 0.25) is 0 Å². The van der Waals surface area contributed by atoms with Crippen LogP contribution in [-0.4, -0.2) is 69.1 Å². The zero-order valence-electron chi connectivity index (χ0n) is 15.1. The molecular formula is C18H28ClN4O2+. The van der Waals surface area contributed by atoms with Crippen LogP contribution in [0.4, 0.5) is 5.69 Å². The van der Waals surface area contributed by atoms with E-state index in [1.165, 1.54) is 0 Å². The Labute approximate surface area is 154 Å². The summed E-state index contributed by atoms with van der Waals surface area (Å²) in [6, 6.07) is 7.79. The summed E-state index contributed by atoms with van der Waals surface area (Å²) in [6.45, 7) is 8.88. The van der Waals surface area contributed by atoms with Gasteiger partial charge in [-0.1, -0.05) is 23.7 Å². The van der Waals surface area contributed by atoms with Gasteiger partial charge in [0.05, 0.1) is 17.3 Å². The van der Waals surface area contributed by atoms with Gasteiger partial charge in [-0.15, -0.1) is 0 Å². The van der Waals surface area contributed by atoms with Gasteiger partial charge in [0.25, 0.3) is 11.8 Å². The first-order chi connectivity index (χ1) is 12.0. The normalized spacial score (nSPS) is 15.8. The van der Waals surface area contributed by atoms with Gasteiger partial charge >= 0.3 is 0 Å². The van der Waals surface area contributed by atoms with Crippen molar-refractivity contribution in [3.63, 3.8) is 0 Å². The second kappa shape index (κ2) is 9.63. The van der Waals surface area contributed by atoms with Crippen LogP contribution in [0.25, 0.3) is 0 Å². The van der Waals surface area contributed by atoms with Gasteiger partial charge in [-0.2, -0.15) is 0 Å². The summed E-state index contributed by atoms with van der Waals surface area (Å²) in [6.07, 6.45) is 0. The number of benzene rings is 1. The Morgan fingerprint density at radius 2 is 1.80 bits per heavy atom. The van der Waals surface area contributed by atoms with Crippen LogP contribution in [0.5, 0.6) is 0 Å². The molecule has 0 aromatic heterocycles. The molecule has 7 heteroatoms. The summed E-state index contributed by atoms with van der Waals surface area (Å²) in [5.74, 6) is 0.107. The summed E-state index contributed by atoms with van der Waals surface area (Å²) in [4.78, 5) is 29.4. The number of rotatable bonds is 7. The smallest absolute Gasteiger partial charge is 0.277 e. The predicted octanol–water partition coefficient (Wildman–Crippen LogP) is 0.0295. The van der Waals surface area contributed by atoms with E-state index in [4.69, 9.17) is 11.6 Å². The van der Waals surface area contributed by atoms with E-state index < -0.39 is 0 Å². The summed E-state index contributed by atoms with van der Waals surface area (Å²) in [7, 11) is 0. The fourth-order valence-corrected chi connectivity index (χ4v) is 3.29. The van der Waals surface area contributed by atoms with E-state index in [1.807, 2.05) is 43.0 Å². The Kier molecular flexibility index (Phi) is 7.52. The molecule has 1 unspecified atom stereocenters. The van der Waals surface area contributed by atoms with Gasteiger partial charge in [-0.3, -0.25) is 9.59 Å². The molecule has 1 saturated heterocycles. The molecule has 0 bridgehead atoms. The van der Waals surface area contributed by atoms with Crippen molar-refractivity contribution in [1.82, 2.24) is 10.2 Å². The number of nitrogens with one attached hydrogen (secondary N) is 2. The number of halogens is 1. The molecule has 1 fully saturated rings. The summed E-state index contributed by atoms with van der Waals surface area (Å²) >= 11 is 6.25. The number of amides is 2. The zero-order valence-corrected chi connectivity index (χ0v) is 15.8. The van der Waals surface area contributed by atoms with Gasteiger partial charge < -0.3 is 20.0 Å². The maximum Gasteiger partial charge on any atom is 0.277 e. The SMILES string of the molecule is CCNC(=O)C[NH+](CC)CC(=O)N1CCN(c2ccccc2Cl)CC1. The first-order valence-electron chi connectivity index (χ1n) is 8.92. The van der Waals surface area contributed by atoms with Crippen LogP contribution in [0.2, 0.25) is 5.02 Å². The second-order valence-corrected chi connectivity index (χ2v) is 6.64. The molecule has 0 spiro atoms. The molecule has 1 aliphatic heterocycles. The molecule has 1 atom stereocenters. The molecule has 2 N–H and O–H groups in total. The average molecular weight is 368 g/mol. The van der Waals surface area contributed by atoms with Gasteiger partial charge in [0.1, 0.15) is 0 Å². The lowest BCUT2D eigenvalue weighted by Gasteiger charge is -2.36. The first kappa shape index (κ1) is 19.5. The highest BCUT2D eigenvalue weighted by Gasteiger charge is 2.25. The molecule has 1 heterocycles. The van der Waals surface area contributed by atoms with Gasteiger partial charge in [-0.05, 0) is 26.0 Å². The van der Waals surface area contributed by atoms with Crippen LogP contribution < -0.4 is 15.1 Å². The number of para-hydroxylation sites is 1. The van der Waals surface area contributed by atoms with Crippen molar-refractivity contribution >= 4 is 29.1 Å². The maximum absolute atomic E-state index is 12.5. The Morgan fingerprint density at radius 3 is 2.40 bits per heavy atom. The van der Waals surface area contributed by atoms with Crippen molar-refractivity contribution < 1.29 is 14.5 Å². The Hall–Kier alpha value is -1.79. The van der Waals surface area contributed by atoms with Gasteiger partial charge in [-0.25, -0.2) is 0 Å². The van der Waals surface area contributed by atoms with Crippen LogP contribution in [-0.2, 0) is 9.59 Å². The van der Waals surface area contributed by atoms with Gasteiger partial charge in [0.15, 0.2) is 13.1 Å². The molecule has 0 radical (unpaired) electrons. The van der Waals surface area contributed by atoms with E-state index in [1.54, 1.807) is 0 Å². The van der Waals surface area contributed by atoms with Crippen LogP contribution in [0.1, 0.15) is 13.8 Å². The number of piperazine rings is 1. The van der Waals surface area contributed by atoms with Crippen molar-refractivity contribution in [3.8, 4) is 0 Å². The second-order valence-electron chi connectivity index (χ2n) is 6.23. The van der Waals surface area contributed by atoms with Crippen molar-refractivity contribution in [2.75, 3.05) is 57.3 Å². The molecule has 1 aromatic carbocycles. The lowest BCUT2D eigenvalue weighted by molar-refractivity contribution is -0.882. The predicted molar refractivity (Wildman–Crippen MR) is 100 cm³/mol. The largest absolute Gasteiger partial charge is 0.367 e. The molecule has 0 aliphatic carbocycles. The number of carbonyl (C=O) groups excluding carboxylic acids is 2. The minimum atomic E-state index is -0.00399. The number of quaternary nitrogens is 1. The molecule has 138 valence electrons. The number of nitrogens with zero attached hydrogens (tertiary/aromatic N) is 2. The van der Waals surface area contributed by atoms with Gasteiger partial charge in [0, 0.05) is 32.7 Å². The van der Waals surface area contributed by atoms with Crippen LogP contribution in [0, 0.1) is 0 Å². The molecule has 1 aliphatic rings. The summed E-state index contributed by atoms with van der Waals surface area (Å²) in [5, 5.41) is 3.53. The van der Waals surface area contributed by atoms with Crippen molar-refractivity contribution in [1.29, 1.82) is 0 Å². The molecule has 2 amide bonds. The van der Waals surface area contributed by atoms with Crippen molar-refractivity contribution in [3.05, 3.63) is 29.3 Å². The minimum absolute atomic E-state index is 0.00399. The lowest BCUT2D eigenvalue weighted by Crippen LogP contribution is -3.14. The fourth-order valence-electron chi connectivity index (χ4n) is 3.03. The molecule has 6 nitrogen and oxygen atoms in total. The number of carbonyl (C=O) groups is 2. The Bertz CT molecular complexity index is 588. The monoisotopic (exact) mass is 367 g/mol. The Morgan fingerprint density at radius 1 is 1.12 bits per heavy atom. The highest BCUT2D eigenvalue weighted by Crippen LogP contribution is 2.25. The quantitative estimate of drug-likeness (QED) is 0.715. The third kappa shape index (κ3) is 5.61. The van der Waals surface area contributed by atoms with Crippen LogP contribution in [0.3, 0.4) is 0 Å². The van der Waals surface area contributed by atoms with Crippen molar-refractivity contribution in [2.24, 2.45) is 0 Å². The van der Waals surface area contributed by atoms with E-state index in [0.29, 0.717) is 32.7 Å². The number of hydrogen-bond acceptors (Lipinski definition) is 3. The third-order valence-corrected chi connectivity index (χ3v) is 4.83. The third-order valence-electron chi connectivity index (χ3n) is 4.51. The number of hydrogen-bond donors (Lipinski definition) is 2. The van der Waals surface area contributed by atoms with E-state index in [0.717, 1.165) is 35.2 Å². The average Bonchev–Trinajstić information content (AvgIpc) is 2.62. The topological polar surface area (TPSA) is 57.1 Å². The van der Waals surface area contributed by atoms with Crippen molar-refractivity contribution in [2.45, 2.75) is 13.8 Å². The highest BCUT2D eigenvalue weighted by molar-refractivity contribution is 6.33. The lowest BCUT2D eigenvalue weighted by atomic mass is 10.2. The van der Waals surface area contributed by atoms with E-state index >= 15 is 0 Å². The zero-order chi connectivity index (χ0) is 18.2. The van der Waals surface area contributed by atoms with Crippen LogP contribution >= 0.6 is 11.6 Å². The maximum atomic E-state index is 12.5. The molecular weight excluding hydrogens is 340 g/mol. The summed E-state index contributed by atoms with van der Waals surface area (Å²) < 4.78 is 0. The van der Waals surface area contributed by atoms with E-state index in [2.05, 4.69) is 10.2 Å². The van der Waals surface area contributed by atoms with E-state index in [-0.39, 0.29) is 11.8 Å². The molecule has 2 rings (SSSR count). The first-order valence-corrected chi connectivity index (χ1v) is 9.30. The summed E-state index contributed by atoms with van der Waals surface area (Å²) in [5.41, 5.74) is 1.02.